The van der Waals surface area contributed by atoms with Gasteiger partial charge in [0.05, 0.1) is 16.5 Å². The molecule has 0 spiro atoms. The molecule has 0 amide bonds. The lowest BCUT2D eigenvalue weighted by Gasteiger charge is -2.12. The van der Waals surface area contributed by atoms with E-state index >= 15 is 0 Å². The van der Waals surface area contributed by atoms with E-state index in [0.717, 1.165) is 5.56 Å². The van der Waals surface area contributed by atoms with Crippen LogP contribution in [0.4, 0.5) is 0 Å². The van der Waals surface area contributed by atoms with Gasteiger partial charge < -0.3 is 9.29 Å². The first kappa shape index (κ1) is 13.3. The minimum Gasteiger partial charge on any atom is -0.768 e. The standard InChI is InChI=1S/C14H11NO3S/c15-9-11-5-7-12(8-6-11)10-18-13-3-1-2-4-14(13)19(16)17/h1-8H,10H2,(H,16,17)/p-1. The zero-order valence-corrected chi connectivity index (χ0v) is 10.7. The van der Waals surface area contributed by atoms with Crippen LogP contribution in [0.3, 0.4) is 0 Å². The summed E-state index contributed by atoms with van der Waals surface area (Å²) in [6.07, 6.45) is 0. The predicted molar refractivity (Wildman–Crippen MR) is 69.1 cm³/mol. The minimum absolute atomic E-state index is 0.135. The van der Waals surface area contributed by atoms with E-state index in [-0.39, 0.29) is 11.5 Å². The van der Waals surface area contributed by atoms with Gasteiger partial charge in [0.1, 0.15) is 12.4 Å². The summed E-state index contributed by atoms with van der Waals surface area (Å²) in [5.74, 6) is 0.320. The second-order valence-electron chi connectivity index (χ2n) is 3.78. The van der Waals surface area contributed by atoms with Crippen molar-refractivity contribution < 1.29 is 13.5 Å². The molecule has 0 fully saturated rings. The van der Waals surface area contributed by atoms with Crippen molar-refractivity contribution in [1.29, 1.82) is 5.26 Å². The SMILES string of the molecule is N#Cc1ccc(COc2ccccc2S(=O)[O-])cc1. The number of nitrogens with zero attached hydrogens (tertiary/aromatic N) is 1. The molecule has 96 valence electrons. The summed E-state index contributed by atoms with van der Waals surface area (Å²) in [6.45, 7) is 0.250. The summed E-state index contributed by atoms with van der Waals surface area (Å²) < 4.78 is 27.5. The Morgan fingerprint density at radius 2 is 1.84 bits per heavy atom. The van der Waals surface area contributed by atoms with Gasteiger partial charge in [0.25, 0.3) is 0 Å². The molecule has 19 heavy (non-hydrogen) atoms. The molecule has 0 aromatic heterocycles. The average Bonchev–Trinajstić information content (AvgIpc) is 2.46. The first-order chi connectivity index (χ1) is 9.20. The van der Waals surface area contributed by atoms with Gasteiger partial charge in [0.15, 0.2) is 0 Å². The van der Waals surface area contributed by atoms with Gasteiger partial charge in [-0.15, -0.1) is 0 Å². The maximum absolute atomic E-state index is 11.0. The van der Waals surface area contributed by atoms with E-state index in [2.05, 4.69) is 0 Å². The Balaban J connectivity index is 2.10. The Morgan fingerprint density at radius 3 is 2.47 bits per heavy atom. The van der Waals surface area contributed by atoms with Gasteiger partial charge in [-0.25, -0.2) is 0 Å². The molecule has 0 aliphatic heterocycles. The maximum atomic E-state index is 11.0. The fourth-order valence-electron chi connectivity index (χ4n) is 1.54. The number of nitriles is 1. The zero-order valence-electron chi connectivity index (χ0n) is 9.91. The van der Waals surface area contributed by atoms with E-state index in [0.29, 0.717) is 11.3 Å². The molecular weight excluding hydrogens is 262 g/mol. The first-order valence-corrected chi connectivity index (χ1v) is 6.58. The molecule has 0 saturated carbocycles. The number of para-hydroxylation sites is 1. The van der Waals surface area contributed by atoms with Crippen molar-refractivity contribution in [3.63, 3.8) is 0 Å². The van der Waals surface area contributed by atoms with E-state index in [4.69, 9.17) is 10.00 Å². The van der Waals surface area contributed by atoms with Crippen LogP contribution < -0.4 is 4.74 Å². The van der Waals surface area contributed by atoms with Crippen LogP contribution in [0.15, 0.2) is 53.4 Å². The molecule has 0 bridgehead atoms. The minimum atomic E-state index is -2.32. The molecule has 4 nitrogen and oxygen atoms in total. The maximum Gasteiger partial charge on any atom is 0.134 e. The lowest BCUT2D eigenvalue weighted by molar-refractivity contribution is 0.297. The van der Waals surface area contributed by atoms with Crippen LogP contribution in [0.5, 0.6) is 5.75 Å². The van der Waals surface area contributed by atoms with Crippen molar-refractivity contribution >= 4 is 11.1 Å². The summed E-state index contributed by atoms with van der Waals surface area (Å²) >= 11 is -2.32. The predicted octanol–water partition coefficient (Wildman–Crippen LogP) is 2.38. The lowest BCUT2D eigenvalue weighted by Crippen LogP contribution is -1.99. The molecule has 0 saturated heterocycles. The van der Waals surface area contributed by atoms with Crippen LogP contribution in [-0.2, 0) is 17.7 Å². The smallest absolute Gasteiger partial charge is 0.134 e. The highest BCUT2D eigenvalue weighted by Gasteiger charge is 2.03. The van der Waals surface area contributed by atoms with Gasteiger partial charge in [-0.05, 0) is 40.9 Å². The molecule has 0 aliphatic rings. The summed E-state index contributed by atoms with van der Waals surface area (Å²) in [4.78, 5) is 0.135. The monoisotopic (exact) mass is 272 g/mol. The van der Waals surface area contributed by atoms with Gasteiger partial charge in [-0.2, -0.15) is 5.26 Å². The largest absolute Gasteiger partial charge is 0.768 e. The summed E-state index contributed by atoms with van der Waals surface area (Å²) in [6, 6.07) is 15.4. The second-order valence-corrected chi connectivity index (χ2v) is 4.69. The van der Waals surface area contributed by atoms with Gasteiger partial charge in [-0.1, -0.05) is 24.3 Å². The van der Waals surface area contributed by atoms with E-state index in [1.54, 1.807) is 42.5 Å². The summed E-state index contributed by atoms with van der Waals surface area (Å²) in [5.41, 5.74) is 1.44. The third-order valence-electron chi connectivity index (χ3n) is 2.51. The number of hydrogen-bond donors (Lipinski definition) is 0. The Morgan fingerprint density at radius 1 is 1.16 bits per heavy atom. The van der Waals surface area contributed by atoms with E-state index in [9.17, 15) is 8.76 Å². The summed E-state index contributed by atoms with van der Waals surface area (Å²) in [7, 11) is 0. The van der Waals surface area contributed by atoms with Crippen molar-refractivity contribution in [2.75, 3.05) is 0 Å². The van der Waals surface area contributed by atoms with Gasteiger partial charge in [0.2, 0.25) is 0 Å². The molecule has 1 atom stereocenters. The van der Waals surface area contributed by atoms with Crippen LogP contribution >= 0.6 is 0 Å². The van der Waals surface area contributed by atoms with Crippen LogP contribution in [0, 0.1) is 11.3 Å². The number of rotatable bonds is 4. The fraction of sp³-hybridized carbons (Fsp3) is 0.0714. The Bertz CT molecular complexity index is 632. The van der Waals surface area contributed by atoms with Crippen molar-refractivity contribution in [2.45, 2.75) is 11.5 Å². The normalized spacial score (nSPS) is 11.6. The third kappa shape index (κ3) is 3.41. The van der Waals surface area contributed by atoms with E-state index in [1.165, 1.54) is 6.07 Å². The van der Waals surface area contributed by atoms with Crippen LogP contribution in [0.1, 0.15) is 11.1 Å². The average molecular weight is 272 g/mol. The van der Waals surface area contributed by atoms with Crippen molar-refractivity contribution in [2.24, 2.45) is 0 Å². The molecule has 0 N–H and O–H groups in total. The number of benzene rings is 2. The Labute approximate surface area is 113 Å². The van der Waals surface area contributed by atoms with Gasteiger partial charge in [0, 0.05) is 0 Å². The van der Waals surface area contributed by atoms with Crippen LogP contribution in [0.2, 0.25) is 0 Å². The van der Waals surface area contributed by atoms with Crippen molar-refractivity contribution in [3.05, 3.63) is 59.7 Å². The van der Waals surface area contributed by atoms with Crippen molar-refractivity contribution in [1.82, 2.24) is 0 Å². The number of hydrogen-bond acceptors (Lipinski definition) is 4. The molecule has 5 heteroatoms. The van der Waals surface area contributed by atoms with Crippen LogP contribution in [-0.4, -0.2) is 8.76 Å². The highest BCUT2D eigenvalue weighted by atomic mass is 32.2. The second kappa shape index (κ2) is 6.14. The molecule has 0 radical (unpaired) electrons. The van der Waals surface area contributed by atoms with E-state index < -0.39 is 11.1 Å². The highest BCUT2D eigenvalue weighted by Crippen LogP contribution is 2.21. The quantitative estimate of drug-likeness (QED) is 0.801. The molecule has 1 unspecified atom stereocenters. The molecule has 2 rings (SSSR count). The van der Waals surface area contributed by atoms with Crippen LogP contribution in [0.25, 0.3) is 0 Å². The molecule has 0 aliphatic carbocycles. The lowest BCUT2D eigenvalue weighted by atomic mass is 10.2. The van der Waals surface area contributed by atoms with Crippen molar-refractivity contribution in [3.8, 4) is 11.8 Å². The molecular formula is C14H10NO3S-. The molecule has 0 heterocycles. The molecule has 2 aromatic carbocycles. The Kier molecular flexibility index (Phi) is 4.29. The highest BCUT2D eigenvalue weighted by molar-refractivity contribution is 7.79. The third-order valence-corrected chi connectivity index (χ3v) is 3.20. The first-order valence-electron chi connectivity index (χ1n) is 5.51. The van der Waals surface area contributed by atoms with E-state index in [1.807, 2.05) is 6.07 Å². The van der Waals surface area contributed by atoms with Gasteiger partial charge in [-0.3, -0.25) is 4.21 Å². The Hall–Kier alpha value is -2.16. The van der Waals surface area contributed by atoms with Gasteiger partial charge >= 0.3 is 0 Å². The fourth-order valence-corrected chi connectivity index (χ4v) is 2.02. The summed E-state index contributed by atoms with van der Waals surface area (Å²) in [5, 5.41) is 8.68. The number of ether oxygens (including phenoxy) is 1. The topological polar surface area (TPSA) is 73.1 Å². The zero-order chi connectivity index (χ0) is 13.7. The molecule has 2 aromatic rings.